The Labute approximate surface area is 151 Å². The van der Waals surface area contributed by atoms with Crippen molar-refractivity contribution < 1.29 is 4.79 Å². The van der Waals surface area contributed by atoms with Gasteiger partial charge in [0.2, 0.25) is 5.91 Å². The zero-order chi connectivity index (χ0) is 17.3. The second kappa shape index (κ2) is 9.76. The Morgan fingerprint density at radius 2 is 1.92 bits per heavy atom. The van der Waals surface area contributed by atoms with Crippen molar-refractivity contribution in [3.63, 3.8) is 0 Å². The molecule has 1 amide bonds. The normalized spacial score (nSPS) is 22.6. The van der Waals surface area contributed by atoms with Crippen molar-refractivity contribution in [1.82, 2.24) is 15.6 Å². The van der Waals surface area contributed by atoms with Gasteiger partial charge in [0.1, 0.15) is 5.82 Å². The maximum atomic E-state index is 12.5. The quantitative estimate of drug-likeness (QED) is 0.882. The number of rotatable bonds is 4. The molecule has 1 aromatic heterocycles. The molecule has 3 rings (SSSR count). The molecule has 3 heterocycles. The third-order valence-corrected chi connectivity index (χ3v) is 5.42. The summed E-state index contributed by atoms with van der Waals surface area (Å²) in [5, 5.41) is 6.54. The van der Waals surface area contributed by atoms with E-state index in [0.717, 1.165) is 56.8 Å². The Hall–Kier alpha value is -1.62. The third kappa shape index (κ3) is 5.43. The maximum absolute atomic E-state index is 12.5. The van der Waals surface area contributed by atoms with E-state index in [2.05, 4.69) is 26.6 Å². The molecule has 0 radical (unpaired) electrons. The van der Waals surface area contributed by atoms with Gasteiger partial charge in [-0.05, 0) is 51.3 Å². The molecule has 1 unspecified atom stereocenters. The average molecular weight is 345 g/mol. The van der Waals surface area contributed by atoms with Crippen LogP contribution in [0.15, 0.2) is 18.3 Å². The number of hydrogen-bond donors (Lipinski definition) is 2. The Morgan fingerprint density at radius 3 is 2.76 bits per heavy atom. The van der Waals surface area contributed by atoms with Crippen molar-refractivity contribution in [2.24, 2.45) is 5.92 Å². The summed E-state index contributed by atoms with van der Waals surface area (Å²) in [6.45, 7) is 4.72. The maximum Gasteiger partial charge on any atom is 0.223 e. The molecule has 138 valence electrons. The smallest absolute Gasteiger partial charge is 0.223 e. The van der Waals surface area contributed by atoms with Crippen molar-refractivity contribution in [1.29, 1.82) is 0 Å². The average Bonchev–Trinajstić information content (AvgIpc) is 2.89. The van der Waals surface area contributed by atoms with Crippen LogP contribution in [0.5, 0.6) is 0 Å². The second-order valence-electron chi connectivity index (χ2n) is 7.34. The van der Waals surface area contributed by atoms with Crippen LogP contribution in [-0.4, -0.2) is 37.1 Å². The van der Waals surface area contributed by atoms with Crippen LogP contribution in [0.4, 0.5) is 5.82 Å². The first-order valence-corrected chi connectivity index (χ1v) is 10.0. The number of carbonyl (C=O) groups is 1. The Morgan fingerprint density at radius 1 is 1.12 bits per heavy atom. The molecule has 2 saturated heterocycles. The lowest BCUT2D eigenvalue weighted by atomic mass is 10.00. The van der Waals surface area contributed by atoms with Crippen LogP contribution in [-0.2, 0) is 11.3 Å². The minimum Gasteiger partial charge on any atom is -0.356 e. The van der Waals surface area contributed by atoms with E-state index in [1.807, 2.05) is 12.3 Å². The van der Waals surface area contributed by atoms with E-state index >= 15 is 0 Å². The molecule has 2 N–H and O–H groups in total. The van der Waals surface area contributed by atoms with Gasteiger partial charge in [0, 0.05) is 37.3 Å². The number of aromatic nitrogens is 1. The van der Waals surface area contributed by atoms with Gasteiger partial charge < -0.3 is 15.5 Å². The standard InChI is InChI=1S/C20H32N4O/c25-20(17-8-6-11-21-13-10-17)23-16-18-9-7-12-22-19(18)24-14-4-2-1-3-5-15-24/h7,9,12,17,21H,1-6,8,10-11,13-16H2,(H,23,25). The van der Waals surface area contributed by atoms with Crippen molar-refractivity contribution in [2.75, 3.05) is 31.1 Å². The number of anilines is 1. The lowest BCUT2D eigenvalue weighted by Gasteiger charge is -2.27. The first-order chi connectivity index (χ1) is 12.3. The van der Waals surface area contributed by atoms with E-state index in [1.54, 1.807) is 0 Å². The Kier molecular flexibility index (Phi) is 7.10. The fourth-order valence-electron chi connectivity index (χ4n) is 3.92. The van der Waals surface area contributed by atoms with Crippen LogP contribution in [0.25, 0.3) is 0 Å². The highest BCUT2D eigenvalue weighted by atomic mass is 16.1. The highest BCUT2D eigenvalue weighted by Gasteiger charge is 2.20. The van der Waals surface area contributed by atoms with Crippen LogP contribution in [0, 0.1) is 5.92 Å². The van der Waals surface area contributed by atoms with Crippen LogP contribution in [0.3, 0.4) is 0 Å². The number of carbonyl (C=O) groups excluding carboxylic acids is 1. The summed E-state index contributed by atoms with van der Waals surface area (Å²) < 4.78 is 0. The molecule has 0 bridgehead atoms. The molecular formula is C20H32N4O. The second-order valence-corrected chi connectivity index (χ2v) is 7.34. The summed E-state index contributed by atoms with van der Waals surface area (Å²) in [6, 6.07) is 4.08. The van der Waals surface area contributed by atoms with Crippen LogP contribution >= 0.6 is 0 Å². The number of hydrogen-bond acceptors (Lipinski definition) is 4. The molecule has 5 nitrogen and oxygen atoms in total. The SMILES string of the molecule is O=C(NCc1cccnc1N1CCCCCCC1)C1CCCNCC1. The Balaban J connectivity index is 1.61. The molecule has 2 aliphatic heterocycles. The first-order valence-electron chi connectivity index (χ1n) is 10.0. The molecule has 5 heteroatoms. The summed E-state index contributed by atoms with van der Waals surface area (Å²) >= 11 is 0. The zero-order valence-corrected chi connectivity index (χ0v) is 15.3. The van der Waals surface area contributed by atoms with E-state index in [9.17, 15) is 4.79 Å². The number of nitrogens with one attached hydrogen (secondary N) is 2. The highest BCUT2D eigenvalue weighted by Crippen LogP contribution is 2.21. The number of pyridine rings is 1. The molecule has 1 atom stereocenters. The summed E-state index contributed by atoms with van der Waals surface area (Å²) in [7, 11) is 0. The summed E-state index contributed by atoms with van der Waals surface area (Å²) in [4.78, 5) is 19.6. The molecule has 2 aliphatic rings. The van der Waals surface area contributed by atoms with Crippen molar-refractivity contribution in [2.45, 2.75) is 57.9 Å². The molecule has 0 spiro atoms. The fraction of sp³-hybridized carbons (Fsp3) is 0.700. The van der Waals surface area contributed by atoms with Crippen LogP contribution in [0.2, 0.25) is 0 Å². The highest BCUT2D eigenvalue weighted by molar-refractivity contribution is 5.78. The molecular weight excluding hydrogens is 312 g/mol. The minimum atomic E-state index is 0.150. The van der Waals surface area contributed by atoms with Crippen molar-refractivity contribution >= 4 is 11.7 Å². The van der Waals surface area contributed by atoms with Gasteiger partial charge >= 0.3 is 0 Å². The largest absolute Gasteiger partial charge is 0.356 e. The third-order valence-electron chi connectivity index (χ3n) is 5.42. The van der Waals surface area contributed by atoms with Gasteiger partial charge in [0.15, 0.2) is 0 Å². The number of amides is 1. The molecule has 0 aliphatic carbocycles. The predicted octanol–water partition coefficient (Wildman–Crippen LogP) is 2.86. The van der Waals surface area contributed by atoms with E-state index in [-0.39, 0.29) is 11.8 Å². The van der Waals surface area contributed by atoms with E-state index in [1.165, 1.54) is 32.1 Å². The molecule has 0 aromatic carbocycles. The topological polar surface area (TPSA) is 57.3 Å². The summed E-state index contributed by atoms with van der Waals surface area (Å²) in [5.41, 5.74) is 1.14. The lowest BCUT2D eigenvalue weighted by molar-refractivity contribution is -0.125. The zero-order valence-electron chi connectivity index (χ0n) is 15.3. The molecule has 2 fully saturated rings. The van der Waals surface area contributed by atoms with Crippen LogP contribution < -0.4 is 15.5 Å². The molecule has 25 heavy (non-hydrogen) atoms. The number of nitrogens with zero attached hydrogens (tertiary/aromatic N) is 2. The van der Waals surface area contributed by atoms with Gasteiger partial charge in [0.25, 0.3) is 0 Å². The minimum absolute atomic E-state index is 0.150. The van der Waals surface area contributed by atoms with Crippen LogP contribution in [0.1, 0.15) is 56.9 Å². The van der Waals surface area contributed by atoms with E-state index < -0.39 is 0 Å². The van der Waals surface area contributed by atoms with Gasteiger partial charge in [-0.25, -0.2) is 4.98 Å². The lowest BCUT2D eigenvalue weighted by Crippen LogP contribution is -2.33. The van der Waals surface area contributed by atoms with Crippen molar-refractivity contribution in [3.8, 4) is 0 Å². The van der Waals surface area contributed by atoms with Gasteiger partial charge in [-0.3, -0.25) is 4.79 Å². The van der Waals surface area contributed by atoms with Gasteiger partial charge in [0.05, 0.1) is 0 Å². The Bertz CT molecular complexity index is 532. The molecule has 1 aromatic rings. The van der Waals surface area contributed by atoms with Gasteiger partial charge in [-0.2, -0.15) is 0 Å². The first kappa shape index (κ1) is 18.2. The fourth-order valence-corrected chi connectivity index (χ4v) is 3.92. The molecule has 0 saturated carbocycles. The van der Waals surface area contributed by atoms with E-state index in [0.29, 0.717) is 6.54 Å². The van der Waals surface area contributed by atoms with Gasteiger partial charge in [-0.15, -0.1) is 0 Å². The summed E-state index contributed by atoms with van der Waals surface area (Å²) in [6.07, 6.45) is 11.3. The summed E-state index contributed by atoms with van der Waals surface area (Å²) in [5.74, 6) is 1.41. The monoisotopic (exact) mass is 344 g/mol. The van der Waals surface area contributed by atoms with E-state index in [4.69, 9.17) is 0 Å². The van der Waals surface area contributed by atoms with Gasteiger partial charge in [-0.1, -0.05) is 25.3 Å². The predicted molar refractivity (Wildman–Crippen MR) is 102 cm³/mol. The van der Waals surface area contributed by atoms with Crippen molar-refractivity contribution in [3.05, 3.63) is 23.9 Å².